The van der Waals surface area contributed by atoms with Crippen LogP contribution in [0.1, 0.15) is 12.6 Å². The van der Waals surface area contributed by atoms with Crippen LogP contribution in [0.15, 0.2) is 60.7 Å². The van der Waals surface area contributed by atoms with Gasteiger partial charge in [0.1, 0.15) is 23.3 Å². The fourth-order valence-corrected chi connectivity index (χ4v) is 2.30. The van der Waals surface area contributed by atoms with E-state index in [2.05, 4.69) is 9.97 Å². The molecule has 1 atom stereocenters. The second-order valence-electron chi connectivity index (χ2n) is 5.49. The SMILES string of the molecule is Cc1nc2ccccc2nc1Oc1ccc(OC(C)/C=C/C#N)cc1. The number of para-hydroxylation sites is 2. The number of nitriles is 1. The zero-order valence-electron chi connectivity index (χ0n) is 14.0. The van der Waals surface area contributed by atoms with Crippen LogP contribution >= 0.6 is 0 Å². The third-order valence-corrected chi connectivity index (χ3v) is 3.50. The number of hydrogen-bond donors (Lipinski definition) is 0. The Kier molecular flexibility index (Phi) is 4.91. The predicted octanol–water partition coefficient (Wildman–Crippen LogP) is 4.58. The number of fused-ring (bicyclic) bond motifs is 1. The number of aromatic nitrogens is 2. The van der Waals surface area contributed by atoms with Crippen molar-refractivity contribution in [1.82, 2.24) is 9.97 Å². The van der Waals surface area contributed by atoms with Gasteiger partial charge in [-0.15, -0.1) is 0 Å². The van der Waals surface area contributed by atoms with E-state index in [9.17, 15) is 0 Å². The third-order valence-electron chi connectivity index (χ3n) is 3.50. The monoisotopic (exact) mass is 331 g/mol. The molecule has 1 heterocycles. The van der Waals surface area contributed by atoms with Gasteiger partial charge in [-0.1, -0.05) is 12.1 Å². The molecule has 5 nitrogen and oxygen atoms in total. The maximum atomic E-state index is 8.53. The highest BCUT2D eigenvalue weighted by atomic mass is 16.5. The first kappa shape index (κ1) is 16.5. The average molecular weight is 331 g/mol. The number of benzene rings is 2. The molecule has 0 aliphatic rings. The Bertz CT molecular complexity index is 943. The van der Waals surface area contributed by atoms with Crippen LogP contribution in [0.2, 0.25) is 0 Å². The minimum Gasteiger partial charge on any atom is -0.487 e. The van der Waals surface area contributed by atoms with Crippen molar-refractivity contribution in [2.24, 2.45) is 0 Å². The van der Waals surface area contributed by atoms with E-state index >= 15 is 0 Å². The first-order valence-electron chi connectivity index (χ1n) is 7.90. The van der Waals surface area contributed by atoms with Gasteiger partial charge in [0, 0.05) is 6.08 Å². The largest absolute Gasteiger partial charge is 0.487 e. The zero-order valence-corrected chi connectivity index (χ0v) is 14.0. The van der Waals surface area contributed by atoms with Crippen molar-refractivity contribution < 1.29 is 9.47 Å². The third kappa shape index (κ3) is 4.12. The van der Waals surface area contributed by atoms with Gasteiger partial charge < -0.3 is 9.47 Å². The van der Waals surface area contributed by atoms with Crippen molar-refractivity contribution in [3.05, 3.63) is 66.4 Å². The van der Waals surface area contributed by atoms with E-state index < -0.39 is 0 Å². The second-order valence-corrected chi connectivity index (χ2v) is 5.49. The number of nitrogens with zero attached hydrogens (tertiary/aromatic N) is 3. The number of aryl methyl sites for hydroxylation is 1. The van der Waals surface area contributed by atoms with E-state index in [0.29, 0.717) is 17.4 Å². The highest BCUT2D eigenvalue weighted by Gasteiger charge is 2.08. The van der Waals surface area contributed by atoms with Gasteiger partial charge in [-0.25, -0.2) is 9.97 Å². The first-order valence-corrected chi connectivity index (χ1v) is 7.90. The molecule has 3 aromatic rings. The molecule has 0 radical (unpaired) electrons. The van der Waals surface area contributed by atoms with Crippen LogP contribution in [0.5, 0.6) is 17.4 Å². The van der Waals surface area contributed by atoms with Crippen LogP contribution in [0.3, 0.4) is 0 Å². The smallest absolute Gasteiger partial charge is 0.241 e. The zero-order chi connectivity index (χ0) is 17.6. The molecule has 0 bridgehead atoms. The molecule has 0 N–H and O–H groups in total. The maximum absolute atomic E-state index is 8.53. The molecule has 0 spiro atoms. The molecule has 124 valence electrons. The summed E-state index contributed by atoms with van der Waals surface area (Å²) in [7, 11) is 0. The van der Waals surface area contributed by atoms with Gasteiger partial charge in [0.2, 0.25) is 5.88 Å². The summed E-state index contributed by atoms with van der Waals surface area (Å²) in [4.78, 5) is 9.03. The van der Waals surface area contributed by atoms with Crippen molar-refractivity contribution in [3.63, 3.8) is 0 Å². The number of hydrogen-bond acceptors (Lipinski definition) is 5. The van der Waals surface area contributed by atoms with E-state index in [1.807, 2.05) is 68.4 Å². The molecule has 0 aliphatic heterocycles. The minimum atomic E-state index is -0.181. The molecule has 5 heteroatoms. The quantitative estimate of drug-likeness (QED) is 0.640. The normalized spacial score (nSPS) is 12.0. The first-order chi connectivity index (χ1) is 12.2. The van der Waals surface area contributed by atoms with Gasteiger partial charge >= 0.3 is 0 Å². The predicted molar refractivity (Wildman–Crippen MR) is 95.6 cm³/mol. The Morgan fingerprint density at radius 2 is 1.64 bits per heavy atom. The van der Waals surface area contributed by atoms with Gasteiger partial charge in [-0.2, -0.15) is 5.26 Å². The molecule has 0 saturated heterocycles. The van der Waals surface area contributed by atoms with Crippen LogP contribution < -0.4 is 9.47 Å². The number of ether oxygens (including phenoxy) is 2. The van der Waals surface area contributed by atoms with E-state index in [1.54, 1.807) is 6.08 Å². The van der Waals surface area contributed by atoms with Gasteiger partial charge in [0.25, 0.3) is 0 Å². The Balaban J connectivity index is 1.74. The number of allylic oxidation sites excluding steroid dienone is 1. The minimum absolute atomic E-state index is 0.181. The summed E-state index contributed by atoms with van der Waals surface area (Å²) in [5.74, 6) is 1.83. The van der Waals surface area contributed by atoms with E-state index in [4.69, 9.17) is 14.7 Å². The summed E-state index contributed by atoms with van der Waals surface area (Å²) in [5.41, 5.74) is 2.37. The highest BCUT2D eigenvalue weighted by molar-refractivity contribution is 5.74. The Morgan fingerprint density at radius 3 is 2.32 bits per heavy atom. The molecule has 0 aliphatic carbocycles. The Hall–Kier alpha value is -3.39. The lowest BCUT2D eigenvalue weighted by Crippen LogP contribution is -2.07. The lowest BCUT2D eigenvalue weighted by molar-refractivity contribution is 0.269. The van der Waals surface area contributed by atoms with E-state index in [-0.39, 0.29) is 6.10 Å². The molecule has 1 unspecified atom stereocenters. The van der Waals surface area contributed by atoms with Crippen LogP contribution in [-0.2, 0) is 0 Å². The summed E-state index contributed by atoms with van der Waals surface area (Å²) in [6, 6.07) is 16.9. The molecule has 3 rings (SSSR count). The van der Waals surface area contributed by atoms with Crippen LogP contribution in [0.4, 0.5) is 0 Å². The van der Waals surface area contributed by atoms with Crippen molar-refractivity contribution in [2.75, 3.05) is 0 Å². The Labute approximate surface area is 146 Å². The summed E-state index contributed by atoms with van der Waals surface area (Å²) < 4.78 is 11.5. The summed E-state index contributed by atoms with van der Waals surface area (Å²) in [6.07, 6.45) is 2.92. The van der Waals surface area contributed by atoms with Gasteiger partial charge in [0.15, 0.2) is 0 Å². The molecular weight excluding hydrogens is 314 g/mol. The number of rotatable bonds is 5. The highest BCUT2D eigenvalue weighted by Crippen LogP contribution is 2.26. The molecule has 2 aromatic carbocycles. The van der Waals surface area contributed by atoms with Crippen LogP contribution in [0, 0.1) is 18.3 Å². The van der Waals surface area contributed by atoms with Crippen LogP contribution in [0.25, 0.3) is 11.0 Å². The molecular formula is C20H17N3O2. The lowest BCUT2D eigenvalue weighted by atomic mass is 10.3. The fraction of sp³-hybridized carbons (Fsp3) is 0.150. The fourth-order valence-electron chi connectivity index (χ4n) is 2.30. The Morgan fingerprint density at radius 1 is 1.00 bits per heavy atom. The standard InChI is InChI=1S/C20H17N3O2/c1-14(6-5-13-21)24-16-9-11-17(12-10-16)25-20-15(2)22-18-7-3-4-8-19(18)23-20/h3-12,14H,1-2H3/b6-5+. The molecule has 0 amide bonds. The van der Waals surface area contributed by atoms with Crippen molar-refractivity contribution in [2.45, 2.75) is 20.0 Å². The van der Waals surface area contributed by atoms with Gasteiger partial charge in [-0.05, 0) is 56.3 Å². The van der Waals surface area contributed by atoms with Gasteiger partial charge in [0.05, 0.1) is 17.1 Å². The summed E-state index contributed by atoms with van der Waals surface area (Å²) >= 11 is 0. The maximum Gasteiger partial charge on any atom is 0.241 e. The second kappa shape index (κ2) is 7.45. The summed E-state index contributed by atoms with van der Waals surface area (Å²) in [6.45, 7) is 3.74. The molecule has 1 aromatic heterocycles. The van der Waals surface area contributed by atoms with Gasteiger partial charge in [-0.3, -0.25) is 0 Å². The molecule has 0 saturated carbocycles. The van der Waals surface area contributed by atoms with Crippen LogP contribution in [-0.4, -0.2) is 16.1 Å². The van der Waals surface area contributed by atoms with E-state index in [0.717, 1.165) is 16.7 Å². The van der Waals surface area contributed by atoms with E-state index in [1.165, 1.54) is 6.08 Å². The molecule has 25 heavy (non-hydrogen) atoms. The average Bonchev–Trinajstić information content (AvgIpc) is 2.62. The van der Waals surface area contributed by atoms with Crippen molar-refractivity contribution in [3.8, 4) is 23.4 Å². The topological polar surface area (TPSA) is 68.0 Å². The summed E-state index contributed by atoms with van der Waals surface area (Å²) in [5, 5.41) is 8.53. The van der Waals surface area contributed by atoms with Crippen molar-refractivity contribution in [1.29, 1.82) is 5.26 Å². The lowest BCUT2D eigenvalue weighted by Gasteiger charge is -2.12. The van der Waals surface area contributed by atoms with Crippen molar-refractivity contribution >= 4 is 11.0 Å². The molecule has 0 fully saturated rings.